The van der Waals surface area contributed by atoms with Crippen molar-refractivity contribution in [2.75, 3.05) is 26.4 Å². The number of ether oxygens (including phenoxy) is 8. The zero-order valence-corrected chi connectivity index (χ0v) is 35.8. The molecular formula is C46H56O16. The van der Waals surface area contributed by atoms with E-state index >= 15 is 0 Å². The van der Waals surface area contributed by atoms with Crippen molar-refractivity contribution in [3.63, 3.8) is 0 Å². The first-order chi connectivity index (χ1) is 29.5. The van der Waals surface area contributed by atoms with Crippen molar-refractivity contribution in [2.45, 2.75) is 104 Å². The van der Waals surface area contributed by atoms with Crippen molar-refractivity contribution >= 4 is 47.8 Å². The third kappa shape index (κ3) is 19.4. The molecule has 16 nitrogen and oxygen atoms in total. The van der Waals surface area contributed by atoms with Gasteiger partial charge in [-0.05, 0) is 88.8 Å². The lowest BCUT2D eigenvalue weighted by Gasteiger charge is -2.25. The fourth-order valence-corrected chi connectivity index (χ4v) is 5.73. The maximum atomic E-state index is 12.9. The fraction of sp³-hybridized carbons (Fsp3) is 0.478. The van der Waals surface area contributed by atoms with Gasteiger partial charge in [0.2, 0.25) is 0 Å². The maximum Gasteiger partial charge on any atom is 0.333 e. The van der Waals surface area contributed by atoms with E-state index in [-0.39, 0.29) is 87.0 Å². The highest BCUT2D eigenvalue weighted by Gasteiger charge is 2.32. The first-order valence-electron chi connectivity index (χ1n) is 20.5. The minimum Gasteiger partial charge on any atom is -0.465 e. The Kier molecular flexibility index (Phi) is 21.1. The normalized spacial score (nSPS) is 15.4. The van der Waals surface area contributed by atoms with Crippen LogP contribution in [0, 0.1) is 11.8 Å². The monoisotopic (exact) mass is 864 g/mol. The summed E-state index contributed by atoms with van der Waals surface area (Å²) < 4.78 is 41.7. The molecule has 2 aromatic rings. The van der Waals surface area contributed by atoms with Crippen molar-refractivity contribution in [3.8, 4) is 11.5 Å². The maximum absolute atomic E-state index is 12.9. The number of hydrogen-bond donors (Lipinski definition) is 0. The Morgan fingerprint density at radius 3 is 1.13 bits per heavy atom. The Bertz CT molecular complexity index is 1750. The third-order valence-electron chi connectivity index (χ3n) is 9.32. The highest BCUT2D eigenvalue weighted by molar-refractivity contribution is 5.87. The second-order valence-electron chi connectivity index (χ2n) is 15.0. The smallest absolute Gasteiger partial charge is 0.333 e. The van der Waals surface area contributed by atoms with Crippen LogP contribution < -0.4 is 9.47 Å². The number of rotatable bonds is 24. The summed E-state index contributed by atoms with van der Waals surface area (Å²) in [5.74, 6) is -4.29. The zero-order valence-electron chi connectivity index (χ0n) is 35.8. The van der Waals surface area contributed by atoms with Gasteiger partial charge in [-0.25, -0.2) is 9.59 Å². The average molecular weight is 865 g/mol. The van der Waals surface area contributed by atoms with Crippen LogP contribution in [0.1, 0.15) is 90.2 Å². The van der Waals surface area contributed by atoms with E-state index in [9.17, 15) is 38.4 Å². The van der Waals surface area contributed by atoms with Gasteiger partial charge >= 0.3 is 47.8 Å². The topological polar surface area (TPSA) is 210 Å². The lowest BCUT2D eigenvalue weighted by atomic mass is 9.82. The van der Waals surface area contributed by atoms with Gasteiger partial charge in [0.15, 0.2) is 0 Å². The lowest BCUT2D eigenvalue weighted by molar-refractivity contribution is -0.156. The zero-order chi connectivity index (χ0) is 45.6. The third-order valence-corrected chi connectivity index (χ3v) is 9.32. The van der Waals surface area contributed by atoms with Gasteiger partial charge < -0.3 is 37.9 Å². The van der Waals surface area contributed by atoms with Gasteiger partial charge in [0.25, 0.3) is 0 Å². The largest absolute Gasteiger partial charge is 0.465 e. The molecule has 2 unspecified atom stereocenters. The molecule has 16 heteroatoms. The predicted octanol–water partition coefficient (Wildman–Crippen LogP) is 5.84. The van der Waals surface area contributed by atoms with E-state index in [1.54, 1.807) is 62.4 Å². The Hall–Kier alpha value is -6.32. The molecule has 0 spiro atoms. The molecule has 1 fully saturated rings. The van der Waals surface area contributed by atoms with Crippen LogP contribution in [0.15, 0.2) is 72.8 Å². The molecule has 0 saturated heterocycles. The van der Waals surface area contributed by atoms with Crippen molar-refractivity contribution in [3.05, 3.63) is 84.0 Å². The molecule has 0 N–H and O–H groups in total. The van der Waals surface area contributed by atoms with E-state index in [0.717, 1.165) is 11.1 Å². The Morgan fingerprint density at radius 2 is 0.823 bits per heavy atom. The molecule has 1 saturated carbocycles. The molecule has 336 valence electrons. The Balaban J connectivity index is 1.26. The van der Waals surface area contributed by atoms with Gasteiger partial charge in [-0.15, -0.1) is 0 Å². The van der Waals surface area contributed by atoms with Gasteiger partial charge in [0, 0.05) is 24.0 Å². The summed E-state index contributed by atoms with van der Waals surface area (Å²) in [4.78, 5) is 96.8. The van der Waals surface area contributed by atoms with Crippen molar-refractivity contribution in [1.29, 1.82) is 0 Å². The van der Waals surface area contributed by atoms with Crippen LogP contribution in [0.4, 0.5) is 0 Å². The molecule has 1 aliphatic rings. The van der Waals surface area contributed by atoms with Crippen LogP contribution in [-0.2, 0) is 79.6 Å². The fourth-order valence-electron chi connectivity index (χ4n) is 5.73. The van der Waals surface area contributed by atoms with E-state index < -0.39 is 48.0 Å². The van der Waals surface area contributed by atoms with Crippen molar-refractivity contribution in [1.82, 2.24) is 0 Å². The Labute approximate surface area is 361 Å². The SMILES string of the molecule is C=C(C)C(=O)OC(C)COC(=O)CCC(=O)OCCc1ccc(OC(=O)C2CCC(C(=O)Oc3ccc(CCOC(=O)CCC(=O)OCC(C)OC(=O)C(=C)C)cc3)CC2)cc1. The summed E-state index contributed by atoms with van der Waals surface area (Å²) in [7, 11) is 0. The van der Waals surface area contributed by atoms with E-state index in [2.05, 4.69) is 13.2 Å². The summed E-state index contributed by atoms with van der Waals surface area (Å²) in [5.41, 5.74) is 2.14. The summed E-state index contributed by atoms with van der Waals surface area (Å²) in [6.45, 7) is 13.0. The van der Waals surface area contributed by atoms with Gasteiger partial charge in [-0.3, -0.25) is 28.8 Å². The van der Waals surface area contributed by atoms with E-state index in [4.69, 9.17) is 37.9 Å². The molecule has 0 bridgehead atoms. The summed E-state index contributed by atoms with van der Waals surface area (Å²) in [6, 6.07) is 13.6. The number of benzene rings is 2. The highest BCUT2D eigenvalue weighted by Crippen LogP contribution is 2.31. The second kappa shape index (κ2) is 26.1. The van der Waals surface area contributed by atoms with Crippen LogP contribution in [-0.4, -0.2) is 86.4 Å². The second-order valence-corrected chi connectivity index (χ2v) is 15.0. The minimum absolute atomic E-state index is 0.0855. The standard InChI is InChI=1S/C46H56O16/c1-29(2)43(51)59-31(5)27-57-41(49)21-19-39(47)55-25-23-33-7-15-37(16-8-33)61-45(53)35-11-13-36(14-12-35)46(54)62-38-17-9-34(10-18-38)24-26-56-40(48)20-22-42(50)58-28-32(6)60-44(52)30(3)4/h7-10,15-18,31-32,35-36H,1,3,11-14,19-28H2,2,4-6H3. The van der Waals surface area contributed by atoms with E-state index in [0.29, 0.717) is 50.0 Å². The molecule has 2 aromatic carbocycles. The molecule has 62 heavy (non-hydrogen) atoms. The van der Waals surface area contributed by atoms with Crippen LogP contribution in [0.25, 0.3) is 0 Å². The van der Waals surface area contributed by atoms with Crippen LogP contribution in [0.3, 0.4) is 0 Å². The average Bonchev–Trinajstić information content (AvgIpc) is 3.24. The molecule has 0 radical (unpaired) electrons. The van der Waals surface area contributed by atoms with Gasteiger partial charge in [-0.1, -0.05) is 37.4 Å². The summed E-state index contributed by atoms with van der Waals surface area (Å²) in [5, 5.41) is 0. The van der Waals surface area contributed by atoms with Crippen molar-refractivity contribution in [2.24, 2.45) is 11.8 Å². The quantitative estimate of drug-likeness (QED) is 0.0525. The van der Waals surface area contributed by atoms with Crippen molar-refractivity contribution < 1.29 is 76.3 Å². The van der Waals surface area contributed by atoms with E-state index in [1.807, 2.05) is 0 Å². The predicted molar refractivity (Wildman–Crippen MR) is 220 cm³/mol. The number of esters is 8. The van der Waals surface area contributed by atoms with Gasteiger partial charge in [-0.2, -0.15) is 0 Å². The number of carbonyl (C=O) groups excluding carboxylic acids is 8. The van der Waals surface area contributed by atoms with Crippen LogP contribution >= 0.6 is 0 Å². The first kappa shape index (κ1) is 50.0. The molecule has 0 heterocycles. The Morgan fingerprint density at radius 1 is 0.516 bits per heavy atom. The summed E-state index contributed by atoms with van der Waals surface area (Å²) >= 11 is 0. The molecule has 2 atom stereocenters. The number of hydrogen-bond acceptors (Lipinski definition) is 16. The molecule has 3 rings (SSSR count). The number of carbonyl (C=O) groups is 8. The first-order valence-corrected chi connectivity index (χ1v) is 20.5. The molecule has 0 aliphatic heterocycles. The van der Waals surface area contributed by atoms with Gasteiger partial charge in [0.05, 0.1) is 50.7 Å². The summed E-state index contributed by atoms with van der Waals surface area (Å²) in [6.07, 6.45) is 0.675. The molecule has 0 aromatic heterocycles. The minimum atomic E-state index is -0.656. The van der Waals surface area contributed by atoms with Crippen LogP contribution in [0.2, 0.25) is 0 Å². The van der Waals surface area contributed by atoms with Gasteiger partial charge in [0.1, 0.15) is 36.9 Å². The molecule has 0 amide bonds. The highest BCUT2D eigenvalue weighted by atomic mass is 16.6. The molecular weight excluding hydrogens is 808 g/mol. The van der Waals surface area contributed by atoms with E-state index in [1.165, 1.54) is 13.8 Å². The van der Waals surface area contributed by atoms with Crippen LogP contribution in [0.5, 0.6) is 11.5 Å². The molecule has 1 aliphatic carbocycles. The lowest BCUT2D eigenvalue weighted by Crippen LogP contribution is -2.30.